The molecule has 3 N–H and O–H groups in total. The van der Waals surface area contributed by atoms with Crippen molar-refractivity contribution in [3.8, 4) is 17.5 Å². The molecule has 0 aliphatic carbocycles. The third kappa shape index (κ3) is 5.72. The molecule has 2 aromatic heterocycles. The second kappa shape index (κ2) is 9.93. The number of amides is 2. The van der Waals surface area contributed by atoms with Gasteiger partial charge in [0.1, 0.15) is 11.2 Å². The van der Waals surface area contributed by atoms with Crippen LogP contribution < -0.4 is 11.1 Å². The highest BCUT2D eigenvalue weighted by Gasteiger charge is 2.40. The van der Waals surface area contributed by atoms with Crippen molar-refractivity contribution in [2.45, 2.75) is 58.1 Å². The summed E-state index contributed by atoms with van der Waals surface area (Å²) in [7, 11) is 0. The van der Waals surface area contributed by atoms with Crippen LogP contribution >= 0.6 is 0 Å². The molecular formula is C25H30N8O4. The van der Waals surface area contributed by atoms with Gasteiger partial charge in [-0.25, -0.2) is 4.79 Å². The van der Waals surface area contributed by atoms with E-state index in [-0.39, 0.29) is 17.8 Å². The number of nitrogens with one attached hydrogen (secondary N) is 1. The lowest BCUT2D eigenvalue weighted by Crippen LogP contribution is -2.49. The number of benzene rings is 1. The average Bonchev–Trinajstić information content (AvgIpc) is 3.46. The number of ether oxygens (including phenoxy) is 1. The van der Waals surface area contributed by atoms with E-state index in [2.05, 4.69) is 26.6 Å². The molecule has 4 rings (SSSR count). The van der Waals surface area contributed by atoms with Crippen LogP contribution in [0, 0.1) is 18.3 Å². The number of nitriles is 1. The topological polar surface area (TPSA) is 165 Å². The number of aryl methyl sites for hydroxylation is 1. The Hall–Kier alpha value is -4.40. The molecule has 0 bridgehead atoms. The second-order valence-corrected chi connectivity index (χ2v) is 10.1. The van der Waals surface area contributed by atoms with Crippen molar-refractivity contribution >= 4 is 23.5 Å². The third-order valence-corrected chi connectivity index (χ3v) is 6.14. The fraction of sp³-hybridized carbons (Fsp3) is 0.440. The van der Waals surface area contributed by atoms with Gasteiger partial charge in [0.15, 0.2) is 11.6 Å². The minimum Gasteiger partial charge on any atom is -0.444 e. The summed E-state index contributed by atoms with van der Waals surface area (Å²) in [6.45, 7) is 7.97. The van der Waals surface area contributed by atoms with Crippen molar-refractivity contribution in [3.05, 3.63) is 41.9 Å². The van der Waals surface area contributed by atoms with Crippen molar-refractivity contribution in [1.82, 2.24) is 24.8 Å². The lowest BCUT2D eigenvalue weighted by Gasteiger charge is -2.40. The molecule has 3 heterocycles. The minimum atomic E-state index is -0.697. The summed E-state index contributed by atoms with van der Waals surface area (Å²) >= 11 is 0. The first-order valence-electron chi connectivity index (χ1n) is 11.9. The molecule has 1 aromatic carbocycles. The highest BCUT2D eigenvalue weighted by molar-refractivity contribution is 5.98. The number of carbonyl (C=O) groups is 2. The molecule has 0 atom stereocenters. The Morgan fingerprint density at radius 3 is 2.46 bits per heavy atom. The van der Waals surface area contributed by atoms with Gasteiger partial charge in [-0.15, -0.1) is 0 Å². The molecule has 0 unspecified atom stereocenters. The van der Waals surface area contributed by atoms with Crippen molar-refractivity contribution in [3.63, 3.8) is 0 Å². The van der Waals surface area contributed by atoms with E-state index in [1.807, 2.05) is 20.8 Å². The van der Waals surface area contributed by atoms with Gasteiger partial charge >= 0.3 is 6.09 Å². The summed E-state index contributed by atoms with van der Waals surface area (Å²) < 4.78 is 12.3. The number of nitrogens with zero attached hydrogens (tertiary/aromatic N) is 6. The van der Waals surface area contributed by atoms with Crippen molar-refractivity contribution < 1.29 is 18.8 Å². The smallest absolute Gasteiger partial charge is 0.410 e. The van der Waals surface area contributed by atoms with Gasteiger partial charge in [0, 0.05) is 30.5 Å². The van der Waals surface area contributed by atoms with Crippen LogP contribution in [0.4, 0.5) is 16.3 Å². The Morgan fingerprint density at radius 2 is 1.92 bits per heavy atom. The predicted molar refractivity (Wildman–Crippen MR) is 134 cm³/mol. The maximum atomic E-state index is 12.5. The molecule has 3 aromatic rings. The number of carbonyl (C=O) groups excluding carboxylic acids is 2. The van der Waals surface area contributed by atoms with E-state index < -0.39 is 23.1 Å². The normalized spacial score (nSPS) is 15.2. The number of piperidine rings is 1. The van der Waals surface area contributed by atoms with Crippen LogP contribution in [0.3, 0.4) is 0 Å². The van der Waals surface area contributed by atoms with Crippen LogP contribution in [0.2, 0.25) is 0 Å². The molecule has 0 spiro atoms. The fourth-order valence-electron chi connectivity index (χ4n) is 4.20. The molecule has 37 heavy (non-hydrogen) atoms. The molecule has 0 radical (unpaired) electrons. The largest absolute Gasteiger partial charge is 0.444 e. The highest BCUT2D eigenvalue weighted by atomic mass is 16.6. The molecule has 194 valence electrons. The molecule has 12 heteroatoms. The SMILES string of the molecule is Cc1noc(-c2ccc(Nc3nn(C4(CC#N)CCN(C(=O)OC(C)(C)C)CC4)cc3C(N)=O)cc2)n1. The van der Waals surface area contributed by atoms with Gasteiger partial charge in [-0.3, -0.25) is 9.48 Å². The molecule has 2 amide bonds. The third-order valence-electron chi connectivity index (χ3n) is 6.14. The monoisotopic (exact) mass is 506 g/mol. The number of anilines is 2. The number of rotatable bonds is 6. The molecule has 0 saturated carbocycles. The van der Waals surface area contributed by atoms with Crippen LogP contribution in [0.25, 0.3) is 11.5 Å². The Bertz CT molecular complexity index is 1320. The number of primary amides is 1. The van der Waals surface area contributed by atoms with Gasteiger partial charge in [0.25, 0.3) is 11.8 Å². The Morgan fingerprint density at radius 1 is 1.24 bits per heavy atom. The van der Waals surface area contributed by atoms with Gasteiger partial charge in [-0.05, 0) is 64.8 Å². The van der Waals surface area contributed by atoms with Gasteiger partial charge in [0.2, 0.25) is 0 Å². The van der Waals surface area contributed by atoms with Crippen LogP contribution in [-0.4, -0.2) is 55.5 Å². The Labute approximate surface area is 214 Å². The number of aromatic nitrogens is 4. The lowest BCUT2D eigenvalue weighted by molar-refractivity contribution is 0.0105. The van der Waals surface area contributed by atoms with Crippen LogP contribution in [0.1, 0.15) is 56.2 Å². The summed E-state index contributed by atoms with van der Waals surface area (Å²) in [6, 6.07) is 9.44. The Balaban J connectivity index is 1.55. The molecule has 1 aliphatic heterocycles. The van der Waals surface area contributed by atoms with E-state index in [9.17, 15) is 14.9 Å². The number of hydrogen-bond acceptors (Lipinski definition) is 9. The second-order valence-electron chi connectivity index (χ2n) is 10.1. The molecule has 1 fully saturated rings. The van der Waals surface area contributed by atoms with E-state index in [0.717, 1.165) is 5.56 Å². The van der Waals surface area contributed by atoms with E-state index in [1.165, 1.54) is 0 Å². The van der Waals surface area contributed by atoms with E-state index in [4.69, 9.17) is 15.0 Å². The highest BCUT2D eigenvalue weighted by Crippen LogP contribution is 2.35. The fourth-order valence-corrected chi connectivity index (χ4v) is 4.20. The van der Waals surface area contributed by atoms with E-state index in [1.54, 1.807) is 47.0 Å². The van der Waals surface area contributed by atoms with E-state index in [0.29, 0.717) is 43.3 Å². The van der Waals surface area contributed by atoms with Gasteiger partial charge in [0.05, 0.1) is 18.0 Å². The van der Waals surface area contributed by atoms with Crippen LogP contribution in [-0.2, 0) is 10.3 Å². The Kier molecular flexibility index (Phi) is 6.89. The van der Waals surface area contributed by atoms with Crippen molar-refractivity contribution in [2.24, 2.45) is 5.73 Å². The van der Waals surface area contributed by atoms with Gasteiger partial charge in [-0.2, -0.15) is 15.3 Å². The van der Waals surface area contributed by atoms with Crippen LogP contribution in [0.5, 0.6) is 0 Å². The maximum absolute atomic E-state index is 12.5. The molecule has 1 saturated heterocycles. The van der Waals surface area contributed by atoms with Gasteiger partial charge < -0.3 is 25.2 Å². The summed E-state index contributed by atoms with van der Waals surface area (Å²) in [4.78, 5) is 30.6. The first-order valence-corrected chi connectivity index (χ1v) is 11.9. The zero-order chi connectivity index (χ0) is 26.8. The molecule has 12 nitrogen and oxygen atoms in total. The van der Waals surface area contributed by atoms with Crippen molar-refractivity contribution in [1.29, 1.82) is 5.26 Å². The average molecular weight is 507 g/mol. The summed E-state index contributed by atoms with van der Waals surface area (Å²) in [5, 5.41) is 21.2. The zero-order valence-electron chi connectivity index (χ0n) is 21.3. The summed E-state index contributed by atoms with van der Waals surface area (Å²) in [5.41, 5.74) is 5.97. The van der Waals surface area contributed by atoms with E-state index >= 15 is 0 Å². The quantitative estimate of drug-likeness (QED) is 0.506. The van der Waals surface area contributed by atoms with Crippen molar-refractivity contribution in [2.75, 3.05) is 18.4 Å². The van der Waals surface area contributed by atoms with Crippen LogP contribution in [0.15, 0.2) is 35.0 Å². The number of hydrogen-bond donors (Lipinski definition) is 2. The summed E-state index contributed by atoms with van der Waals surface area (Å²) in [5.74, 6) is 0.574. The minimum absolute atomic E-state index is 0.160. The first-order chi connectivity index (χ1) is 17.5. The summed E-state index contributed by atoms with van der Waals surface area (Å²) in [6.07, 6.45) is 2.28. The maximum Gasteiger partial charge on any atom is 0.410 e. The molecule has 1 aliphatic rings. The number of likely N-dealkylation sites (tertiary alicyclic amines) is 1. The zero-order valence-corrected chi connectivity index (χ0v) is 21.3. The molecular weight excluding hydrogens is 476 g/mol. The standard InChI is InChI=1S/C25H30N8O4/c1-16-28-22(37-31-16)17-5-7-18(8-6-17)29-21-19(20(27)34)15-33(30-21)25(9-12-26)10-13-32(14-11-25)23(35)36-24(2,3)4/h5-8,15H,9-11,13-14H2,1-4H3,(H2,27,34)(H,29,30). The number of nitrogens with two attached hydrogens (primary N) is 1. The predicted octanol–water partition coefficient (Wildman–Crippen LogP) is 3.72. The lowest BCUT2D eigenvalue weighted by atomic mass is 9.85. The van der Waals surface area contributed by atoms with Gasteiger partial charge in [-0.1, -0.05) is 5.16 Å². The first kappa shape index (κ1) is 25.7.